The van der Waals surface area contributed by atoms with Crippen molar-refractivity contribution >= 4 is 11.9 Å². The van der Waals surface area contributed by atoms with Crippen LogP contribution in [0.3, 0.4) is 0 Å². The number of aromatic nitrogens is 2. The number of hydrogen-bond donors (Lipinski definition) is 2. The Kier molecular flexibility index (Phi) is 4.99. The molecule has 1 amide bonds. The lowest BCUT2D eigenvalue weighted by Crippen LogP contribution is -2.46. The Balaban J connectivity index is 1.70. The molecule has 2 N–H and O–H groups in total. The smallest absolute Gasteiger partial charge is 0.306 e. The van der Waals surface area contributed by atoms with Crippen molar-refractivity contribution in [1.29, 1.82) is 0 Å². The number of methoxy groups -OCH3 is 1. The van der Waals surface area contributed by atoms with E-state index in [9.17, 15) is 9.59 Å². The van der Waals surface area contributed by atoms with Crippen molar-refractivity contribution in [3.8, 4) is 17.0 Å². The molecule has 25 heavy (non-hydrogen) atoms. The molecule has 1 unspecified atom stereocenters. The molecule has 1 aliphatic heterocycles. The summed E-state index contributed by atoms with van der Waals surface area (Å²) in [6.45, 7) is 0.997. The highest BCUT2D eigenvalue weighted by molar-refractivity contribution is 5.93. The maximum atomic E-state index is 12.6. The number of nitrogens with zero attached hydrogens (tertiary/aromatic N) is 2. The maximum Gasteiger partial charge on any atom is 0.306 e. The van der Waals surface area contributed by atoms with Gasteiger partial charge in [0.25, 0.3) is 5.91 Å². The van der Waals surface area contributed by atoms with Gasteiger partial charge in [0.05, 0.1) is 31.9 Å². The van der Waals surface area contributed by atoms with Gasteiger partial charge in [-0.15, -0.1) is 0 Å². The molecule has 1 aromatic heterocycles. The molecule has 0 spiro atoms. The first-order chi connectivity index (χ1) is 12.1. The number of carboxylic acid groups (broad SMARTS) is 1. The van der Waals surface area contributed by atoms with Gasteiger partial charge in [-0.2, -0.15) is 5.10 Å². The maximum absolute atomic E-state index is 12.6. The van der Waals surface area contributed by atoms with E-state index in [1.54, 1.807) is 18.1 Å². The fourth-order valence-corrected chi connectivity index (χ4v) is 2.73. The molecule has 1 aliphatic rings. The Morgan fingerprint density at radius 3 is 2.84 bits per heavy atom. The van der Waals surface area contributed by atoms with Gasteiger partial charge in [-0.1, -0.05) is 0 Å². The number of carbonyl (C=O) groups is 2. The Hall–Kier alpha value is -2.87. The average molecular weight is 345 g/mol. The summed E-state index contributed by atoms with van der Waals surface area (Å²) >= 11 is 0. The molecule has 8 nitrogen and oxygen atoms in total. The number of benzene rings is 1. The highest BCUT2D eigenvalue weighted by Gasteiger charge is 2.27. The van der Waals surface area contributed by atoms with Crippen LogP contribution < -0.4 is 4.74 Å². The Morgan fingerprint density at radius 1 is 1.40 bits per heavy atom. The van der Waals surface area contributed by atoms with E-state index < -0.39 is 12.1 Å². The number of ether oxygens (including phenoxy) is 2. The third-order valence-electron chi connectivity index (χ3n) is 4.02. The highest BCUT2D eigenvalue weighted by Crippen LogP contribution is 2.22. The summed E-state index contributed by atoms with van der Waals surface area (Å²) < 4.78 is 10.5. The summed E-state index contributed by atoms with van der Waals surface area (Å²) in [6.07, 6.45) is -0.608. The standard InChI is InChI=1S/C17H19N3O5/c1-24-12-4-2-11(3-5-12)14-9-15(19-18-14)17(23)20-6-7-25-13(10-20)8-16(21)22/h2-5,9,13H,6-8,10H2,1H3,(H,18,19)(H,21,22). The number of H-pyrrole nitrogens is 1. The first-order valence-corrected chi connectivity index (χ1v) is 7.89. The minimum atomic E-state index is -0.942. The number of carboxylic acids is 1. The van der Waals surface area contributed by atoms with Crippen LogP contribution in [0.25, 0.3) is 11.3 Å². The molecule has 1 atom stereocenters. The lowest BCUT2D eigenvalue weighted by Gasteiger charge is -2.31. The number of morpholine rings is 1. The molecule has 1 saturated heterocycles. The van der Waals surface area contributed by atoms with Crippen LogP contribution in [0.4, 0.5) is 0 Å². The van der Waals surface area contributed by atoms with Crippen LogP contribution in [0.5, 0.6) is 5.75 Å². The lowest BCUT2D eigenvalue weighted by molar-refractivity contribution is -0.141. The second-order valence-corrected chi connectivity index (χ2v) is 5.74. The number of carbonyl (C=O) groups excluding carboxylic acids is 1. The largest absolute Gasteiger partial charge is 0.497 e. The van der Waals surface area contributed by atoms with E-state index in [2.05, 4.69) is 10.2 Å². The molecular formula is C17H19N3O5. The summed E-state index contributed by atoms with van der Waals surface area (Å²) in [5.41, 5.74) is 1.88. The van der Waals surface area contributed by atoms with Gasteiger partial charge in [-0.25, -0.2) is 0 Å². The van der Waals surface area contributed by atoms with Crippen LogP contribution >= 0.6 is 0 Å². The Labute approximate surface area is 144 Å². The van der Waals surface area contributed by atoms with Gasteiger partial charge in [-0.3, -0.25) is 14.7 Å². The number of hydrogen-bond acceptors (Lipinski definition) is 5. The third-order valence-corrected chi connectivity index (χ3v) is 4.02. The Bertz CT molecular complexity index is 756. The van der Waals surface area contributed by atoms with Crippen LogP contribution in [0, 0.1) is 0 Å². The predicted octanol–water partition coefficient (Wildman–Crippen LogP) is 1.40. The molecule has 8 heteroatoms. The summed E-state index contributed by atoms with van der Waals surface area (Å²) in [4.78, 5) is 25.0. The molecule has 0 saturated carbocycles. The van der Waals surface area contributed by atoms with Crippen molar-refractivity contribution in [3.63, 3.8) is 0 Å². The molecule has 2 aromatic rings. The number of nitrogens with one attached hydrogen (secondary N) is 1. The minimum Gasteiger partial charge on any atom is -0.497 e. The summed E-state index contributed by atoms with van der Waals surface area (Å²) in [5.74, 6) is -0.415. The first-order valence-electron chi connectivity index (χ1n) is 7.89. The molecule has 3 rings (SSSR count). The van der Waals surface area contributed by atoms with Gasteiger partial charge in [0.15, 0.2) is 0 Å². The van der Waals surface area contributed by atoms with Crippen LogP contribution in [-0.2, 0) is 9.53 Å². The second kappa shape index (κ2) is 7.35. The molecule has 1 aromatic carbocycles. The summed E-state index contributed by atoms with van der Waals surface area (Å²) in [5, 5.41) is 15.8. The highest BCUT2D eigenvalue weighted by atomic mass is 16.5. The molecule has 0 radical (unpaired) electrons. The zero-order chi connectivity index (χ0) is 17.8. The number of aliphatic carboxylic acids is 1. The minimum absolute atomic E-state index is 0.121. The van der Waals surface area contributed by atoms with Crippen molar-refractivity contribution in [1.82, 2.24) is 15.1 Å². The molecule has 2 heterocycles. The van der Waals surface area contributed by atoms with Crippen molar-refractivity contribution in [2.75, 3.05) is 26.8 Å². The van der Waals surface area contributed by atoms with Gasteiger partial charge >= 0.3 is 5.97 Å². The van der Waals surface area contributed by atoms with E-state index in [0.717, 1.165) is 11.3 Å². The lowest BCUT2D eigenvalue weighted by atomic mass is 10.1. The van der Waals surface area contributed by atoms with E-state index in [-0.39, 0.29) is 18.9 Å². The van der Waals surface area contributed by atoms with Crippen LogP contribution in [0.1, 0.15) is 16.9 Å². The zero-order valence-electron chi connectivity index (χ0n) is 13.8. The fraction of sp³-hybridized carbons (Fsp3) is 0.353. The van der Waals surface area contributed by atoms with E-state index in [1.807, 2.05) is 24.3 Å². The fourth-order valence-electron chi connectivity index (χ4n) is 2.73. The predicted molar refractivity (Wildman–Crippen MR) is 88.5 cm³/mol. The van der Waals surface area contributed by atoms with Crippen molar-refractivity contribution in [2.24, 2.45) is 0 Å². The van der Waals surface area contributed by atoms with E-state index in [1.165, 1.54) is 0 Å². The molecule has 132 valence electrons. The number of aromatic amines is 1. The normalized spacial score (nSPS) is 17.3. The summed E-state index contributed by atoms with van der Waals surface area (Å²) in [7, 11) is 1.60. The number of rotatable bonds is 5. The van der Waals surface area contributed by atoms with Gasteiger partial charge in [-0.05, 0) is 30.3 Å². The summed E-state index contributed by atoms with van der Waals surface area (Å²) in [6, 6.07) is 9.06. The topological polar surface area (TPSA) is 105 Å². The monoisotopic (exact) mass is 345 g/mol. The first kappa shape index (κ1) is 17.0. The van der Waals surface area contributed by atoms with Gasteiger partial charge in [0, 0.05) is 18.7 Å². The molecular weight excluding hydrogens is 326 g/mol. The van der Waals surface area contributed by atoms with Crippen LogP contribution in [-0.4, -0.2) is 65.0 Å². The second-order valence-electron chi connectivity index (χ2n) is 5.74. The SMILES string of the molecule is COc1ccc(-c2cc(C(=O)N3CCOC(CC(=O)O)C3)[nH]n2)cc1. The molecule has 0 bridgehead atoms. The van der Waals surface area contributed by atoms with Crippen molar-refractivity contribution in [2.45, 2.75) is 12.5 Å². The zero-order valence-corrected chi connectivity index (χ0v) is 13.8. The van der Waals surface area contributed by atoms with Crippen molar-refractivity contribution in [3.05, 3.63) is 36.0 Å². The van der Waals surface area contributed by atoms with Crippen LogP contribution in [0.2, 0.25) is 0 Å². The quantitative estimate of drug-likeness (QED) is 0.849. The average Bonchev–Trinajstić information content (AvgIpc) is 3.11. The van der Waals surface area contributed by atoms with E-state index in [4.69, 9.17) is 14.6 Å². The van der Waals surface area contributed by atoms with Crippen LogP contribution in [0.15, 0.2) is 30.3 Å². The Morgan fingerprint density at radius 2 is 2.16 bits per heavy atom. The van der Waals surface area contributed by atoms with E-state index >= 15 is 0 Å². The third kappa shape index (κ3) is 3.97. The molecule has 0 aliphatic carbocycles. The van der Waals surface area contributed by atoms with Gasteiger partial charge in [0.2, 0.25) is 0 Å². The van der Waals surface area contributed by atoms with Gasteiger partial charge < -0.3 is 19.5 Å². The van der Waals surface area contributed by atoms with Crippen molar-refractivity contribution < 1.29 is 24.2 Å². The number of amides is 1. The van der Waals surface area contributed by atoms with E-state index in [0.29, 0.717) is 24.5 Å². The molecule has 1 fully saturated rings. The van der Waals surface area contributed by atoms with Gasteiger partial charge in [0.1, 0.15) is 11.4 Å².